The lowest BCUT2D eigenvalue weighted by Gasteiger charge is -2.19. The summed E-state index contributed by atoms with van der Waals surface area (Å²) in [6, 6.07) is 0. The van der Waals surface area contributed by atoms with Gasteiger partial charge in [-0.2, -0.15) is 11.8 Å². The van der Waals surface area contributed by atoms with Crippen LogP contribution in [0.5, 0.6) is 0 Å². The lowest BCUT2D eigenvalue weighted by Crippen LogP contribution is -2.32. The first-order chi connectivity index (χ1) is 6.45. The molecule has 3 heteroatoms. The third kappa shape index (κ3) is 2.99. The maximum Gasteiger partial charge on any atom is 0.0990 e. The first-order valence-electron chi connectivity index (χ1n) is 5.32. The highest BCUT2D eigenvalue weighted by atomic mass is 32.2. The Labute approximate surface area is 84.6 Å². The highest BCUT2D eigenvalue weighted by Gasteiger charge is 2.17. The number of hydrogen-bond acceptors (Lipinski definition) is 3. The van der Waals surface area contributed by atoms with E-state index in [2.05, 4.69) is 28.3 Å². The van der Waals surface area contributed by atoms with Gasteiger partial charge in [-0.3, -0.25) is 10.3 Å². The molecule has 2 atom stereocenters. The largest absolute Gasteiger partial charge is 0.295 e. The van der Waals surface area contributed by atoms with Crippen LogP contribution in [-0.4, -0.2) is 29.9 Å². The summed E-state index contributed by atoms with van der Waals surface area (Å²) in [6.45, 7) is 1.12. The van der Waals surface area contributed by atoms with Gasteiger partial charge in [0.1, 0.15) is 0 Å². The Hall–Kier alpha value is -0.0200. The van der Waals surface area contributed by atoms with Crippen LogP contribution in [0.1, 0.15) is 32.1 Å². The van der Waals surface area contributed by atoms with Crippen LogP contribution >= 0.6 is 11.8 Å². The molecule has 0 spiro atoms. The van der Waals surface area contributed by atoms with Crippen LogP contribution in [0.15, 0.2) is 4.99 Å². The van der Waals surface area contributed by atoms with Gasteiger partial charge in [-0.25, -0.2) is 0 Å². The van der Waals surface area contributed by atoms with Crippen molar-refractivity contribution in [2.75, 3.05) is 12.3 Å². The van der Waals surface area contributed by atoms with Crippen molar-refractivity contribution in [2.45, 2.75) is 43.5 Å². The Morgan fingerprint density at radius 3 is 3.15 bits per heavy atom. The third-order valence-electron chi connectivity index (χ3n) is 2.72. The van der Waals surface area contributed by atoms with Gasteiger partial charge < -0.3 is 0 Å². The van der Waals surface area contributed by atoms with Crippen LogP contribution in [0.4, 0.5) is 0 Å². The molecule has 0 aliphatic carbocycles. The second-order valence-electron chi connectivity index (χ2n) is 3.80. The molecule has 1 fully saturated rings. The Balaban J connectivity index is 1.66. The molecular weight excluding hydrogens is 180 g/mol. The molecule has 2 rings (SSSR count). The van der Waals surface area contributed by atoms with E-state index in [0.717, 1.165) is 18.2 Å². The predicted molar refractivity (Wildman–Crippen MR) is 59.6 cm³/mol. The summed E-state index contributed by atoms with van der Waals surface area (Å²) in [7, 11) is 0. The van der Waals surface area contributed by atoms with Gasteiger partial charge in [0.2, 0.25) is 0 Å². The highest BCUT2D eigenvalue weighted by molar-refractivity contribution is 8.00. The summed E-state index contributed by atoms with van der Waals surface area (Å²) in [5, 5.41) is 4.37. The zero-order chi connectivity index (χ0) is 8.93. The number of thioether (sulfide) groups is 1. The summed E-state index contributed by atoms with van der Waals surface area (Å²) >= 11 is 2.15. The van der Waals surface area contributed by atoms with Crippen molar-refractivity contribution in [1.29, 1.82) is 0 Å². The van der Waals surface area contributed by atoms with E-state index < -0.39 is 0 Å². The van der Waals surface area contributed by atoms with Gasteiger partial charge in [-0.1, -0.05) is 0 Å². The minimum absolute atomic E-state index is 0.426. The molecule has 13 heavy (non-hydrogen) atoms. The van der Waals surface area contributed by atoms with Gasteiger partial charge in [-0.15, -0.1) is 0 Å². The van der Waals surface area contributed by atoms with Crippen LogP contribution in [0.25, 0.3) is 0 Å². The molecule has 0 amide bonds. The van der Waals surface area contributed by atoms with E-state index in [0.29, 0.717) is 6.17 Å². The number of nitrogens with one attached hydrogen (secondary N) is 1. The molecule has 2 heterocycles. The van der Waals surface area contributed by atoms with Crippen molar-refractivity contribution in [1.82, 2.24) is 5.32 Å². The van der Waals surface area contributed by atoms with Gasteiger partial charge in [0, 0.05) is 18.0 Å². The fraction of sp³-hybridized carbons (Fsp3) is 0.900. The maximum atomic E-state index is 4.45. The predicted octanol–water partition coefficient (Wildman–Crippen LogP) is 2.05. The van der Waals surface area contributed by atoms with E-state index in [1.54, 1.807) is 0 Å². The zero-order valence-corrected chi connectivity index (χ0v) is 8.85. The van der Waals surface area contributed by atoms with Crippen molar-refractivity contribution < 1.29 is 0 Å². The third-order valence-corrected chi connectivity index (χ3v) is 4.19. The second kappa shape index (κ2) is 5.01. The molecule has 2 unspecified atom stereocenters. The Morgan fingerprint density at radius 1 is 1.46 bits per heavy atom. The molecule has 1 saturated heterocycles. The van der Waals surface area contributed by atoms with Gasteiger partial charge in [0.15, 0.2) is 0 Å². The molecule has 1 N–H and O–H groups in total. The number of hydrogen-bond donors (Lipinski definition) is 1. The van der Waals surface area contributed by atoms with E-state index in [4.69, 9.17) is 0 Å². The maximum absolute atomic E-state index is 4.45. The molecule has 2 nitrogen and oxygen atoms in total. The normalized spacial score (nSPS) is 33.8. The van der Waals surface area contributed by atoms with Gasteiger partial charge in [0.25, 0.3) is 0 Å². The highest BCUT2D eigenvalue weighted by Crippen LogP contribution is 2.29. The van der Waals surface area contributed by atoms with Crippen molar-refractivity contribution in [3.63, 3.8) is 0 Å². The van der Waals surface area contributed by atoms with Crippen molar-refractivity contribution in [3.8, 4) is 0 Å². The zero-order valence-electron chi connectivity index (χ0n) is 8.04. The van der Waals surface area contributed by atoms with E-state index in [9.17, 15) is 0 Å². The summed E-state index contributed by atoms with van der Waals surface area (Å²) < 4.78 is 0. The summed E-state index contributed by atoms with van der Waals surface area (Å²) in [5.41, 5.74) is 0. The molecule has 2 aliphatic rings. The van der Waals surface area contributed by atoms with Crippen LogP contribution in [0, 0.1) is 0 Å². The first-order valence-corrected chi connectivity index (χ1v) is 6.36. The van der Waals surface area contributed by atoms with Crippen LogP contribution in [-0.2, 0) is 0 Å². The molecular formula is C10H18N2S. The van der Waals surface area contributed by atoms with Crippen LogP contribution in [0.2, 0.25) is 0 Å². The van der Waals surface area contributed by atoms with Crippen LogP contribution in [0.3, 0.4) is 0 Å². The fourth-order valence-corrected chi connectivity index (χ4v) is 3.26. The average molecular weight is 198 g/mol. The SMILES string of the molecule is C1=NC(CCC2CCCS2)NCC1. The molecule has 2 aliphatic heterocycles. The molecule has 0 aromatic heterocycles. The number of aliphatic imine (C=N–C) groups is 1. The average Bonchev–Trinajstić information content (AvgIpc) is 2.69. The smallest absolute Gasteiger partial charge is 0.0990 e. The molecule has 0 saturated carbocycles. The number of nitrogens with zero attached hydrogens (tertiary/aromatic N) is 1. The van der Waals surface area contributed by atoms with E-state index in [1.165, 1.54) is 31.4 Å². The molecule has 0 bridgehead atoms. The summed E-state index contributed by atoms with van der Waals surface area (Å²) in [5.74, 6) is 1.38. The van der Waals surface area contributed by atoms with Gasteiger partial charge >= 0.3 is 0 Å². The first kappa shape index (κ1) is 9.53. The van der Waals surface area contributed by atoms with E-state index >= 15 is 0 Å². The van der Waals surface area contributed by atoms with E-state index in [1.807, 2.05) is 0 Å². The van der Waals surface area contributed by atoms with Gasteiger partial charge in [-0.05, 0) is 37.9 Å². The van der Waals surface area contributed by atoms with Gasteiger partial charge in [0.05, 0.1) is 6.17 Å². The van der Waals surface area contributed by atoms with Crippen molar-refractivity contribution >= 4 is 18.0 Å². The summed E-state index contributed by atoms with van der Waals surface area (Å²) in [6.07, 6.45) is 9.04. The Kier molecular flexibility index (Phi) is 3.67. The van der Waals surface area contributed by atoms with Crippen molar-refractivity contribution in [2.24, 2.45) is 4.99 Å². The molecule has 0 aromatic carbocycles. The lowest BCUT2D eigenvalue weighted by molar-refractivity contribution is 0.471. The minimum Gasteiger partial charge on any atom is -0.295 e. The van der Waals surface area contributed by atoms with Crippen molar-refractivity contribution in [3.05, 3.63) is 0 Å². The standard InChI is InChI=1S/C10H18N2S/c1-3-9(13-8-1)4-5-10-11-6-2-7-12-10/h6,9-10,12H,1-5,7-8H2. The second-order valence-corrected chi connectivity index (χ2v) is 5.21. The lowest BCUT2D eigenvalue weighted by atomic mass is 10.1. The molecule has 0 radical (unpaired) electrons. The monoisotopic (exact) mass is 198 g/mol. The number of rotatable bonds is 3. The fourth-order valence-electron chi connectivity index (χ4n) is 1.96. The quantitative estimate of drug-likeness (QED) is 0.750. The van der Waals surface area contributed by atoms with E-state index in [-0.39, 0.29) is 0 Å². The van der Waals surface area contributed by atoms with Crippen LogP contribution < -0.4 is 5.32 Å². The summed E-state index contributed by atoms with van der Waals surface area (Å²) in [4.78, 5) is 4.45. The molecule has 74 valence electrons. The minimum atomic E-state index is 0.426. The topological polar surface area (TPSA) is 24.4 Å². The Morgan fingerprint density at radius 2 is 2.46 bits per heavy atom. The molecule has 0 aromatic rings. The Bertz CT molecular complexity index is 176.